The number of halogens is 1. The Morgan fingerprint density at radius 3 is 3.12 bits per heavy atom. The monoisotopic (exact) mass is 294 g/mol. The number of aromatic nitrogens is 1. The van der Waals surface area contributed by atoms with Crippen molar-refractivity contribution in [3.63, 3.8) is 0 Å². The number of rotatable bonds is 2. The molecule has 0 bridgehead atoms. The lowest BCUT2D eigenvalue weighted by molar-refractivity contribution is 0.131. The van der Waals surface area contributed by atoms with Gasteiger partial charge in [-0.05, 0) is 23.6 Å². The van der Waals surface area contributed by atoms with Crippen molar-refractivity contribution < 1.29 is 9.53 Å². The van der Waals surface area contributed by atoms with Crippen LogP contribution in [0.25, 0.3) is 10.9 Å². The molecule has 1 aromatic carbocycles. The highest BCUT2D eigenvalue weighted by molar-refractivity contribution is 9.10. The maximum absolute atomic E-state index is 10.9. The van der Waals surface area contributed by atoms with Gasteiger partial charge in [-0.2, -0.15) is 0 Å². The van der Waals surface area contributed by atoms with Gasteiger partial charge < -0.3 is 14.6 Å². The van der Waals surface area contributed by atoms with Crippen LogP contribution in [-0.4, -0.2) is 23.3 Å². The molecular formula is C12H11BrN2O2. The third-order valence-electron chi connectivity index (χ3n) is 2.88. The van der Waals surface area contributed by atoms with Gasteiger partial charge in [0.15, 0.2) is 0 Å². The van der Waals surface area contributed by atoms with E-state index in [1.807, 2.05) is 12.3 Å². The average Bonchev–Trinajstić information content (AvgIpc) is 2.87. The van der Waals surface area contributed by atoms with E-state index in [2.05, 4.69) is 44.0 Å². The molecule has 17 heavy (non-hydrogen) atoms. The van der Waals surface area contributed by atoms with Crippen LogP contribution >= 0.6 is 15.9 Å². The fraction of sp³-hybridized carbons (Fsp3) is 0.250. The maximum atomic E-state index is 10.9. The maximum Gasteiger partial charge on any atom is 0.407 e. The van der Waals surface area contributed by atoms with Gasteiger partial charge in [0.2, 0.25) is 0 Å². The normalized spacial score (nSPS) is 19.4. The molecule has 5 heteroatoms. The van der Waals surface area contributed by atoms with Gasteiger partial charge in [-0.1, -0.05) is 22.0 Å². The molecule has 1 fully saturated rings. The van der Waals surface area contributed by atoms with Crippen molar-refractivity contribution >= 4 is 32.9 Å². The highest BCUT2D eigenvalue weighted by Gasteiger charge is 2.22. The van der Waals surface area contributed by atoms with Crippen LogP contribution in [0.15, 0.2) is 34.9 Å². The minimum absolute atomic E-state index is 0.0860. The van der Waals surface area contributed by atoms with Crippen LogP contribution in [0.2, 0.25) is 0 Å². The van der Waals surface area contributed by atoms with Crippen LogP contribution < -0.4 is 5.32 Å². The van der Waals surface area contributed by atoms with Crippen LogP contribution in [0.5, 0.6) is 0 Å². The topological polar surface area (TPSA) is 43.3 Å². The first-order valence-corrected chi connectivity index (χ1v) is 6.20. The first-order valence-electron chi connectivity index (χ1n) is 5.41. The van der Waals surface area contributed by atoms with Crippen LogP contribution in [0.1, 0.15) is 0 Å². The van der Waals surface area contributed by atoms with E-state index in [1.54, 1.807) is 0 Å². The molecular weight excluding hydrogens is 284 g/mol. The number of carbonyl (C=O) groups is 1. The lowest BCUT2D eigenvalue weighted by Crippen LogP contribution is -2.20. The molecule has 1 atom stereocenters. The zero-order chi connectivity index (χ0) is 11.8. The Kier molecular flexibility index (Phi) is 2.55. The molecule has 2 heterocycles. The zero-order valence-corrected chi connectivity index (χ0v) is 10.6. The van der Waals surface area contributed by atoms with Crippen molar-refractivity contribution in [3.05, 3.63) is 34.9 Å². The number of hydrogen-bond acceptors (Lipinski definition) is 2. The number of amides is 1. The fourth-order valence-electron chi connectivity index (χ4n) is 2.07. The number of nitrogens with zero attached hydrogens (tertiary/aromatic N) is 1. The molecule has 1 saturated heterocycles. The summed E-state index contributed by atoms with van der Waals surface area (Å²) < 4.78 is 8.28. The smallest absolute Gasteiger partial charge is 0.407 e. The molecule has 4 nitrogen and oxygen atoms in total. The predicted molar refractivity (Wildman–Crippen MR) is 67.9 cm³/mol. The Bertz CT molecular complexity index is 579. The fourth-order valence-corrected chi connectivity index (χ4v) is 2.42. The summed E-state index contributed by atoms with van der Waals surface area (Å²) in [6, 6.07) is 8.21. The third-order valence-corrected chi connectivity index (χ3v) is 3.38. The van der Waals surface area contributed by atoms with E-state index in [-0.39, 0.29) is 12.2 Å². The summed E-state index contributed by atoms with van der Waals surface area (Å²) in [6.07, 6.45) is 1.60. The molecule has 1 N–H and O–H groups in total. The summed E-state index contributed by atoms with van der Waals surface area (Å²) in [5, 5.41) is 3.84. The molecule has 1 aliphatic rings. The number of carbonyl (C=O) groups excluding carboxylic acids is 1. The number of cyclic esters (lactones) is 1. The van der Waals surface area contributed by atoms with E-state index >= 15 is 0 Å². The molecule has 0 aliphatic carbocycles. The van der Waals surface area contributed by atoms with Crippen LogP contribution in [0.3, 0.4) is 0 Å². The van der Waals surface area contributed by atoms with E-state index in [0.29, 0.717) is 13.1 Å². The summed E-state index contributed by atoms with van der Waals surface area (Å²) in [6.45, 7) is 1.26. The first kappa shape index (κ1) is 10.7. The van der Waals surface area contributed by atoms with E-state index < -0.39 is 0 Å². The predicted octanol–water partition coefficient (Wildman–Crippen LogP) is 2.51. The summed E-state index contributed by atoms with van der Waals surface area (Å²) in [7, 11) is 0. The molecule has 88 valence electrons. The van der Waals surface area contributed by atoms with Crippen molar-refractivity contribution in [1.29, 1.82) is 0 Å². The van der Waals surface area contributed by atoms with Crippen molar-refractivity contribution in [2.75, 3.05) is 6.54 Å². The third kappa shape index (κ3) is 2.02. The Labute approximate surface area is 107 Å². The molecule has 0 spiro atoms. The Hall–Kier alpha value is -1.49. The number of alkyl carbamates (subject to hydrolysis) is 1. The SMILES string of the molecule is O=C1NCC(Cn2ccc3ccc(Br)cc32)O1. The van der Waals surface area contributed by atoms with E-state index in [9.17, 15) is 4.79 Å². The molecule has 1 amide bonds. The second-order valence-electron chi connectivity index (χ2n) is 4.08. The van der Waals surface area contributed by atoms with E-state index in [0.717, 1.165) is 9.99 Å². The highest BCUT2D eigenvalue weighted by Crippen LogP contribution is 2.21. The lowest BCUT2D eigenvalue weighted by atomic mass is 10.2. The summed E-state index contributed by atoms with van der Waals surface area (Å²) in [5.74, 6) is 0. The van der Waals surface area contributed by atoms with Gasteiger partial charge in [0.1, 0.15) is 6.10 Å². The lowest BCUT2D eigenvalue weighted by Gasteiger charge is -2.10. The van der Waals surface area contributed by atoms with Crippen LogP contribution in [0, 0.1) is 0 Å². The molecule has 1 aliphatic heterocycles. The summed E-state index contributed by atoms with van der Waals surface area (Å²) in [4.78, 5) is 10.9. The van der Waals surface area contributed by atoms with Gasteiger partial charge in [0, 0.05) is 16.2 Å². The van der Waals surface area contributed by atoms with Gasteiger partial charge in [-0.15, -0.1) is 0 Å². The van der Waals surface area contributed by atoms with Gasteiger partial charge >= 0.3 is 6.09 Å². The number of ether oxygens (including phenoxy) is 1. The van der Waals surface area contributed by atoms with Crippen molar-refractivity contribution in [1.82, 2.24) is 9.88 Å². The number of nitrogens with one attached hydrogen (secondary N) is 1. The van der Waals surface area contributed by atoms with Gasteiger partial charge in [0.05, 0.1) is 13.1 Å². The second kappa shape index (κ2) is 4.07. The van der Waals surface area contributed by atoms with Gasteiger partial charge in [-0.25, -0.2) is 4.79 Å². The molecule has 0 saturated carbocycles. The van der Waals surface area contributed by atoms with Gasteiger partial charge in [-0.3, -0.25) is 0 Å². The van der Waals surface area contributed by atoms with Crippen molar-refractivity contribution in [2.45, 2.75) is 12.6 Å². The first-order chi connectivity index (χ1) is 8.22. The Balaban J connectivity index is 1.90. The van der Waals surface area contributed by atoms with E-state index in [4.69, 9.17) is 4.74 Å². The minimum Gasteiger partial charge on any atom is -0.442 e. The average molecular weight is 295 g/mol. The van der Waals surface area contributed by atoms with Crippen LogP contribution in [0.4, 0.5) is 4.79 Å². The Morgan fingerprint density at radius 1 is 1.47 bits per heavy atom. The largest absolute Gasteiger partial charge is 0.442 e. The Morgan fingerprint density at radius 2 is 2.35 bits per heavy atom. The molecule has 3 rings (SSSR count). The quantitative estimate of drug-likeness (QED) is 0.925. The molecule has 1 aromatic heterocycles. The molecule has 2 aromatic rings. The number of fused-ring (bicyclic) bond motifs is 1. The minimum atomic E-state index is -0.326. The molecule has 1 unspecified atom stereocenters. The molecule has 0 radical (unpaired) electrons. The van der Waals surface area contributed by atoms with E-state index in [1.165, 1.54) is 5.39 Å². The number of benzene rings is 1. The standard InChI is InChI=1S/C12H11BrN2O2/c13-9-2-1-8-3-4-15(11(8)5-9)7-10-6-14-12(16)17-10/h1-5,10H,6-7H2,(H,14,16). The van der Waals surface area contributed by atoms with Crippen molar-refractivity contribution in [2.24, 2.45) is 0 Å². The highest BCUT2D eigenvalue weighted by atomic mass is 79.9. The van der Waals surface area contributed by atoms with Gasteiger partial charge in [0.25, 0.3) is 0 Å². The van der Waals surface area contributed by atoms with Crippen molar-refractivity contribution in [3.8, 4) is 0 Å². The number of hydrogen-bond donors (Lipinski definition) is 1. The second-order valence-corrected chi connectivity index (χ2v) is 5.00. The summed E-state index contributed by atoms with van der Waals surface area (Å²) >= 11 is 3.46. The summed E-state index contributed by atoms with van der Waals surface area (Å²) in [5.41, 5.74) is 1.14. The zero-order valence-electron chi connectivity index (χ0n) is 9.02. The van der Waals surface area contributed by atoms with Crippen LogP contribution in [-0.2, 0) is 11.3 Å².